The Labute approximate surface area is 161 Å². The highest BCUT2D eigenvalue weighted by molar-refractivity contribution is 7.89. The summed E-state index contributed by atoms with van der Waals surface area (Å²) in [6.45, 7) is -0.330. The van der Waals surface area contributed by atoms with Crippen molar-refractivity contribution in [2.45, 2.75) is 11.4 Å². The molecule has 3 aromatic rings. The fourth-order valence-electron chi connectivity index (χ4n) is 3.07. The van der Waals surface area contributed by atoms with Gasteiger partial charge >= 0.3 is 5.69 Å². The zero-order valence-corrected chi connectivity index (χ0v) is 16.4. The Morgan fingerprint density at radius 1 is 1.00 bits per heavy atom. The SMILES string of the molecule is Cn1c(=O)c2cc(S(=O)(=O)N(CCO)Cc3ccccc3)ccc2n(C)c1=O. The third-order valence-corrected chi connectivity index (χ3v) is 6.47. The second-order valence-corrected chi connectivity index (χ2v) is 8.37. The van der Waals surface area contributed by atoms with Crippen LogP contribution in [0.15, 0.2) is 63.0 Å². The van der Waals surface area contributed by atoms with Gasteiger partial charge in [-0.05, 0) is 23.8 Å². The Morgan fingerprint density at radius 3 is 2.32 bits per heavy atom. The minimum Gasteiger partial charge on any atom is -0.395 e. The predicted molar refractivity (Wildman–Crippen MR) is 106 cm³/mol. The highest BCUT2D eigenvalue weighted by Gasteiger charge is 2.25. The first-order chi connectivity index (χ1) is 13.3. The zero-order valence-electron chi connectivity index (χ0n) is 15.6. The first kappa shape index (κ1) is 20.0. The number of hydrogen-bond acceptors (Lipinski definition) is 5. The molecule has 0 aliphatic heterocycles. The fourth-order valence-corrected chi connectivity index (χ4v) is 4.51. The standard InChI is InChI=1S/C19H21N3O5S/c1-20-17-9-8-15(12-16(17)18(24)21(2)19(20)25)28(26,27)22(10-11-23)13-14-6-4-3-5-7-14/h3-9,12,23H,10-11,13H2,1-2H3. The Kier molecular flexibility index (Phi) is 5.50. The topological polar surface area (TPSA) is 102 Å². The van der Waals surface area contributed by atoms with Crippen molar-refractivity contribution < 1.29 is 13.5 Å². The third kappa shape index (κ3) is 3.51. The van der Waals surface area contributed by atoms with Crippen molar-refractivity contribution in [1.29, 1.82) is 0 Å². The van der Waals surface area contributed by atoms with E-state index in [0.717, 1.165) is 14.4 Å². The molecule has 1 heterocycles. The maximum Gasteiger partial charge on any atom is 0.330 e. The predicted octanol–water partition coefficient (Wildman–Crippen LogP) is 0.420. The summed E-state index contributed by atoms with van der Waals surface area (Å²) in [6.07, 6.45) is 0. The third-order valence-electron chi connectivity index (χ3n) is 4.63. The molecule has 1 N–H and O–H groups in total. The first-order valence-corrected chi connectivity index (χ1v) is 10.1. The Balaban J connectivity index is 2.12. The number of hydrogen-bond donors (Lipinski definition) is 1. The summed E-state index contributed by atoms with van der Waals surface area (Å²) in [7, 11) is -1.10. The summed E-state index contributed by atoms with van der Waals surface area (Å²) in [4.78, 5) is 24.5. The van der Waals surface area contributed by atoms with Crippen molar-refractivity contribution in [2.75, 3.05) is 13.2 Å². The van der Waals surface area contributed by atoms with Crippen LogP contribution in [0.1, 0.15) is 5.56 Å². The van der Waals surface area contributed by atoms with Gasteiger partial charge in [0.05, 0.1) is 22.4 Å². The smallest absolute Gasteiger partial charge is 0.330 e. The fraction of sp³-hybridized carbons (Fsp3) is 0.263. The molecule has 0 aliphatic carbocycles. The van der Waals surface area contributed by atoms with E-state index in [9.17, 15) is 23.1 Å². The molecule has 0 bridgehead atoms. The van der Waals surface area contributed by atoms with Gasteiger partial charge in [0.2, 0.25) is 10.0 Å². The highest BCUT2D eigenvalue weighted by atomic mass is 32.2. The largest absolute Gasteiger partial charge is 0.395 e. The molecule has 0 fully saturated rings. The monoisotopic (exact) mass is 403 g/mol. The molecule has 1 aromatic heterocycles. The van der Waals surface area contributed by atoms with Gasteiger partial charge in [0.15, 0.2) is 0 Å². The van der Waals surface area contributed by atoms with Crippen LogP contribution in [0.25, 0.3) is 10.9 Å². The molecule has 0 amide bonds. The molecule has 3 rings (SSSR count). The van der Waals surface area contributed by atoms with Gasteiger partial charge in [-0.25, -0.2) is 13.2 Å². The number of nitrogens with zero attached hydrogens (tertiary/aromatic N) is 3. The van der Waals surface area contributed by atoms with Gasteiger partial charge < -0.3 is 5.11 Å². The quantitative estimate of drug-likeness (QED) is 0.643. The molecule has 0 atom stereocenters. The van der Waals surface area contributed by atoms with Crippen LogP contribution in [0.4, 0.5) is 0 Å². The summed E-state index contributed by atoms with van der Waals surface area (Å²) >= 11 is 0. The van der Waals surface area contributed by atoms with E-state index in [1.807, 2.05) is 6.07 Å². The van der Waals surface area contributed by atoms with Gasteiger partial charge in [-0.15, -0.1) is 0 Å². The number of fused-ring (bicyclic) bond motifs is 1. The number of rotatable bonds is 6. The summed E-state index contributed by atoms with van der Waals surface area (Å²) in [5, 5.41) is 9.48. The minimum absolute atomic E-state index is 0.0693. The summed E-state index contributed by atoms with van der Waals surface area (Å²) in [6, 6.07) is 13.1. The van der Waals surface area contributed by atoms with E-state index in [-0.39, 0.29) is 30.0 Å². The number of aryl methyl sites for hydroxylation is 1. The van der Waals surface area contributed by atoms with Crippen LogP contribution in [0.3, 0.4) is 0 Å². The molecule has 148 valence electrons. The lowest BCUT2D eigenvalue weighted by Crippen LogP contribution is -2.37. The number of benzene rings is 2. The molecule has 0 aliphatic rings. The van der Waals surface area contributed by atoms with Gasteiger partial charge in [-0.3, -0.25) is 13.9 Å². The Bertz CT molecular complexity index is 1230. The highest BCUT2D eigenvalue weighted by Crippen LogP contribution is 2.21. The van der Waals surface area contributed by atoms with Crippen LogP contribution < -0.4 is 11.2 Å². The van der Waals surface area contributed by atoms with Crippen molar-refractivity contribution in [3.8, 4) is 0 Å². The normalized spacial score (nSPS) is 12.0. The van der Waals surface area contributed by atoms with E-state index in [1.165, 1.54) is 36.9 Å². The Morgan fingerprint density at radius 2 is 1.68 bits per heavy atom. The molecular formula is C19H21N3O5S. The Hall–Kier alpha value is -2.75. The van der Waals surface area contributed by atoms with E-state index in [1.54, 1.807) is 24.3 Å². The average molecular weight is 403 g/mol. The minimum atomic E-state index is -3.97. The maximum absolute atomic E-state index is 13.2. The second-order valence-electron chi connectivity index (χ2n) is 6.43. The molecule has 0 radical (unpaired) electrons. The van der Waals surface area contributed by atoms with Gasteiger partial charge in [0, 0.05) is 27.2 Å². The number of aliphatic hydroxyl groups is 1. The first-order valence-electron chi connectivity index (χ1n) is 8.62. The molecule has 0 unspecified atom stereocenters. The van der Waals surface area contributed by atoms with Crippen LogP contribution >= 0.6 is 0 Å². The maximum atomic E-state index is 13.2. The van der Waals surface area contributed by atoms with Crippen molar-refractivity contribution >= 4 is 20.9 Å². The van der Waals surface area contributed by atoms with E-state index >= 15 is 0 Å². The lowest BCUT2D eigenvalue weighted by Gasteiger charge is -2.22. The van der Waals surface area contributed by atoms with Gasteiger partial charge in [0.1, 0.15) is 0 Å². The molecule has 0 saturated carbocycles. The van der Waals surface area contributed by atoms with Crippen molar-refractivity contribution in [3.63, 3.8) is 0 Å². The van der Waals surface area contributed by atoms with E-state index in [0.29, 0.717) is 5.52 Å². The summed E-state index contributed by atoms with van der Waals surface area (Å²) in [5.41, 5.74) is 0.0773. The van der Waals surface area contributed by atoms with E-state index in [4.69, 9.17) is 0 Å². The van der Waals surface area contributed by atoms with Crippen LogP contribution in [0.5, 0.6) is 0 Å². The van der Waals surface area contributed by atoms with Gasteiger partial charge in [-0.2, -0.15) is 4.31 Å². The van der Waals surface area contributed by atoms with Gasteiger partial charge in [0.25, 0.3) is 5.56 Å². The van der Waals surface area contributed by atoms with Crippen LogP contribution in [-0.4, -0.2) is 40.1 Å². The molecule has 8 nitrogen and oxygen atoms in total. The number of sulfonamides is 1. The average Bonchev–Trinajstić information content (AvgIpc) is 2.70. The van der Waals surface area contributed by atoms with Crippen LogP contribution in [-0.2, 0) is 30.7 Å². The van der Waals surface area contributed by atoms with Crippen LogP contribution in [0.2, 0.25) is 0 Å². The molecule has 28 heavy (non-hydrogen) atoms. The van der Waals surface area contributed by atoms with E-state index < -0.39 is 21.3 Å². The molecule has 9 heteroatoms. The van der Waals surface area contributed by atoms with Crippen LogP contribution in [0, 0.1) is 0 Å². The van der Waals surface area contributed by atoms with Crippen molar-refractivity contribution in [3.05, 3.63) is 74.9 Å². The molecular weight excluding hydrogens is 382 g/mol. The molecule has 0 spiro atoms. The van der Waals surface area contributed by atoms with Gasteiger partial charge in [-0.1, -0.05) is 30.3 Å². The molecule has 2 aromatic carbocycles. The lowest BCUT2D eigenvalue weighted by atomic mass is 10.2. The second kappa shape index (κ2) is 7.70. The number of aromatic nitrogens is 2. The van der Waals surface area contributed by atoms with Crippen molar-refractivity contribution in [1.82, 2.24) is 13.4 Å². The number of aliphatic hydroxyl groups excluding tert-OH is 1. The van der Waals surface area contributed by atoms with Crippen molar-refractivity contribution in [2.24, 2.45) is 14.1 Å². The lowest BCUT2D eigenvalue weighted by molar-refractivity contribution is 0.251. The van der Waals surface area contributed by atoms with E-state index in [2.05, 4.69) is 0 Å². The molecule has 0 saturated heterocycles. The summed E-state index contributed by atoms with van der Waals surface area (Å²) < 4.78 is 29.7. The zero-order chi connectivity index (χ0) is 20.5. The summed E-state index contributed by atoms with van der Waals surface area (Å²) in [5.74, 6) is 0.